The van der Waals surface area contributed by atoms with E-state index in [0.29, 0.717) is 42.0 Å². The number of nitrogens with one attached hydrogen (secondary N) is 1. The third-order valence-corrected chi connectivity index (χ3v) is 5.25. The van der Waals surface area contributed by atoms with E-state index in [-0.39, 0.29) is 12.3 Å². The lowest BCUT2D eigenvalue weighted by molar-refractivity contribution is 0.265. The van der Waals surface area contributed by atoms with Crippen LogP contribution in [0.2, 0.25) is 0 Å². The van der Waals surface area contributed by atoms with Crippen molar-refractivity contribution in [2.45, 2.75) is 13.0 Å². The highest BCUT2D eigenvalue weighted by molar-refractivity contribution is 5.63. The SMILES string of the molecule is COc1ccc(CCNc2oc(COc3ccc(-c4ccccc4)cc3)nc2C#N)cc1OC. The topological polar surface area (TPSA) is 89.5 Å². The van der Waals surface area contributed by atoms with Crippen molar-refractivity contribution in [2.75, 3.05) is 26.1 Å². The lowest BCUT2D eigenvalue weighted by atomic mass is 10.1. The number of rotatable bonds is 10. The van der Waals surface area contributed by atoms with E-state index in [2.05, 4.69) is 28.5 Å². The summed E-state index contributed by atoms with van der Waals surface area (Å²) in [6.45, 7) is 0.678. The maximum atomic E-state index is 9.41. The summed E-state index contributed by atoms with van der Waals surface area (Å²) in [5, 5.41) is 12.6. The highest BCUT2D eigenvalue weighted by atomic mass is 16.5. The number of nitriles is 1. The number of oxazole rings is 1. The summed E-state index contributed by atoms with van der Waals surface area (Å²) in [5.41, 5.74) is 3.51. The molecule has 1 aromatic heterocycles. The number of aromatic nitrogens is 1. The highest BCUT2D eigenvalue weighted by Gasteiger charge is 2.14. The van der Waals surface area contributed by atoms with Gasteiger partial charge in [0.1, 0.15) is 11.8 Å². The molecule has 7 nitrogen and oxygen atoms in total. The van der Waals surface area contributed by atoms with Gasteiger partial charge < -0.3 is 23.9 Å². The summed E-state index contributed by atoms with van der Waals surface area (Å²) in [4.78, 5) is 4.23. The van der Waals surface area contributed by atoms with E-state index < -0.39 is 0 Å². The zero-order valence-corrected chi connectivity index (χ0v) is 19.1. The predicted octanol–water partition coefficient (Wildman–Crippen LogP) is 5.46. The molecule has 1 N–H and O–H groups in total. The van der Waals surface area contributed by atoms with E-state index in [0.717, 1.165) is 16.7 Å². The van der Waals surface area contributed by atoms with Gasteiger partial charge in [-0.05, 0) is 47.4 Å². The molecule has 0 amide bonds. The van der Waals surface area contributed by atoms with Gasteiger partial charge in [0.05, 0.1) is 14.2 Å². The third-order valence-electron chi connectivity index (χ3n) is 5.25. The van der Waals surface area contributed by atoms with Crippen molar-refractivity contribution >= 4 is 5.88 Å². The zero-order valence-electron chi connectivity index (χ0n) is 19.1. The minimum Gasteiger partial charge on any atom is -0.493 e. The molecule has 0 saturated carbocycles. The Morgan fingerprint density at radius 1 is 0.912 bits per heavy atom. The summed E-state index contributed by atoms with van der Waals surface area (Å²) < 4.78 is 22.1. The van der Waals surface area contributed by atoms with Crippen molar-refractivity contribution in [2.24, 2.45) is 0 Å². The first-order chi connectivity index (χ1) is 16.7. The molecule has 0 aliphatic rings. The van der Waals surface area contributed by atoms with Crippen LogP contribution in [-0.4, -0.2) is 25.7 Å². The molecule has 0 aliphatic carbocycles. The molecular formula is C27H25N3O4. The van der Waals surface area contributed by atoms with E-state index in [1.807, 2.05) is 60.7 Å². The number of nitrogens with zero attached hydrogens (tertiary/aromatic N) is 2. The number of anilines is 1. The molecule has 4 rings (SSSR count). The van der Waals surface area contributed by atoms with Crippen molar-refractivity contribution in [3.63, 3.8) is 0 Å². The molecule has 0 unspecified atom stereocenters. The van der Waals surface area contributed by atoms with Crippen LogP contribution in [-0.2, 0) is 13.0 Å². The third kappa shape index (κ3) is 5.48. The fourth-order valence-electron chi connectivity index (χ4n) is 3.50. The van der Waals surface area contributed by atoms with Crippen LogP contribution < -0.4 is 19.5 Å². The number of hydrogen-bond acceptors (Lipinski definition) is 7. The molecule has 0 fully saturated rings. The minimum atomic E-state index is 0.122. The fraction of sp³-hybridized carbons (Fsp3) is 0.185. The quantitative estimate of drug-likeness (QED) is 0.339. The van der Waals surface area contributed by atoms with Gasteiger partial charge in [0.2, 0.25) is 17.5 Å². The number of benzene rings is 3. The molecule has 0 bridgehead atoms. The molecule has 3 aromatic carbocycles. The Hall–Kier alpha value is -4.44. The number of ether oxygens (including phenoxy) is 3. The first-order valence-corrected chi connectivity index (χ1v) is 10.8. The van der Waals surface area contributed by atoms with Crippen molar-refractivity contribution in [3.8, 4) is 34.4 Å². The summed E-state index contributed by atoms with van der Waals surface area (Å²) in [5.74, 6) is 2.71. The van der Waals surface area contributed by atoms with Crippen molar-refractivity contribution in [1.82, 2.24) is 4.98 Å². The van der Waals surface area contributed by atoms with Crippen LogP contribution in [0, 0.1) is 11.3 Å². The molecule has 172 valence electrons. The largest absolute Gasteiger partial charge is 0.493 e. The van der Waals surface area contributed by atoms with Gasteiger partial charge in [-0.1, -0.05) is 48.5 Å². The average Bonchev–Trinajstić information content (AvgIpc) is 3.30. The Bertz CT molecular complexity index is 1260. The van der Waals surface area contributed by atoms with Gasteiger partial charge in [0.15, 0.2) is 18.1 Å². The Labute approximate surface area is 198 Å². The predicted molar refractivity (Wildman–Crippen MR) is 129 cm³/mol. The maximum absolute atomic E-state index is 9.41. The van der Waals surface area contributed by atoms with Crippen LogP contribution in [0.25, 0.3) is 11.1 Å². The molecular weight excluding hydrogens is 430 g/mol. The second kappa shape index (κ2) is 10.9. The van der Waals surface area contributed by atoms with E-state index in [1.165, 1.54) is 0 Å². The average molecular weight is 456 g/mol. The lowest BCUT2D eigenvalue weighted by Gasteiger charge is -2.09. The monoisotopic (exact) mass is 455 g/mol. The van der Waals surface area contributed by atoms with Gasteiger partial charge in [0, 0.05) is 6.54 Å². The van der Waals surface area contributed by atoms with Gasteiger partial charge in [0.25, 0.3) is 0 Å². The van der Waals surface area contributed by atoms with E-state index in [1.54, 1.807) is 14.2 Å². The summed E-state index contributed by atoms with van der Waals surface area (Å²) >= 11 is 0. The van der Waals surface area contributed by atoms with Crippen LogP contribution in [0.15, 0.2) is 77.2 Å². The Balaban J connectivity index is 1.33. The molecule has 0 saturated heterocycles. The van der Waals surface area contributed by atoms with Crippen molar-refractivity contribution in [1.29, 1.82) is 5.26 Å². The van der Waals surface area contributed by atoms with Crippen molar-refractivity contribution in [3.05, 3.63) is 89.9 Å². The fourth-order valence-corrected chi connectivity index (χ4v) is 3.50. The van der Waals surface area contributed by atoms with Crippen LogP contribution in [0.3, 0.4) is 0 Å². The van der Waals surface area contributed by atoms with Gasteiger partial charge >= 0.3 is 0 Å². The number of methoxy groups -OCH3 is 2. The van der Waals surface area contributed by atoms with E-state index in [4.69, 9.17) is 18.6 Å². The highest BCUT2D eigenvalue weighted by Crippen LogP contribution is 2.28. The second-order valence-corrected chi connectivity index (χ2v) is 7.44. The van der Waals surface area contributed by atoms with Crippen LogP contribution >= 0.6 is 0 Å². The summed E-state index contributed by atoms with van der Waals surface area (Å²) in [6, 6.07) is 25.8. The Morgan fingerprint density at radius 3 is 2.35 bits per heavy atom. The van der Waals surface area contributed by atoms with Crippen LogP contribution in [0.5, 0.6) is 17.2 Å². The first kappa shape index (κ1) is 22.7. The second-order valence-electron chi connectivity index (χ2n) is 7.44. The van der Waals surface area contributed by atoms with Gasteiger partial charge in [-0.2, -0.15) is 10.2 Å². The van der Waals surface area contributed by atoms with E-state index >= 15 is 0 Å². The molecule has 0 aliphatic heterocycles. The first-order valence-electron chi connectivity index (χ1n) is 10.8. The minimum absolute atomic E-state index is 0.122. The Kier molecular flexibility index (Phi) is 7.31. The molecule has 0 atom stereocenters. The number of hydrogen-bond donors (Lipinski definition) is 1. The molecule has 4 aromatic rings. The van der Waals surface area contributed by atoms with Gasteiger partial charge in [-0.15, -0.1) is 0 Å². The van der Waals surface area contributed by atoms with Crippen molar-refractivity contribution < 1.29 is 18.6 Å². The lowest BCUT2D eigenvalue weighted by Crippen LogP contribution is -2.05. The Morgan fingerprint density at radius 2 is 1.65 bits per heavy atom. The standard InChI is InChI=1S/C27H25N3O4/c1-31-24-13-8-19(16-25(24)32-2)14-15-29-27-23(17-28)30-26(34-27)18-33-22-11-9-21(10-12-22)20-6-4-3-5-7-20/h3-13,16,29H,14-15,18H2,1-2H3. The molecule has 0 spiro atoms. The molecule has 0 radical (unpaired) electrons. The van der Waals surface area contributed by atoms with Crippen LogP contribution in [0.4, 0.5) is 5.88 Å². The van der Waals surface area contributed by atoms with Crippen LogP contribution in [0.1, 0.15) is 17.1 Å². The normalized spacial score (nSPS) is 10.4. The van der Waals surface area contributed by atoms with Gasteiger partial charge in [-0.25, -0.2) is 0 Å². The van der Waals surface area contributed by atoms with E-state index in [9.17, 15) is 5.26 Å². The summed E-state index contributed by atoms with van der Waals surface area (Å²) in [7, 11) is 3.21. The molecule has 7 heteroatoms. The molecule has 34 heavy (non-hydrogen) atoms. The molecule has 1 heterocycles. The maximum Gasteiger partial charge on any atom is 0.236 e. The smallest absolute Gasteiger partial charge is 0.236 e. The summed E-state index contributed by atoms with van der Waals surface area (Å²) in [6.07, 6.45) is 0.700. The zero-order chi connectivity index (χ0) is 23.8. The van der Waals surface area contributed by atoms with Gasteiger partial charge in [-0.3, -0.25) is 0 Å².